The normalized spacial score (nSPS) is 14.5. The number of nitrogens with zero attached hydrogens (tertiary/aromatic N) is 1. The van der Waals surface area contributed by atoms with Gasteiger partial charge in [-0.1, -0.05) is 13.0 Å². The van der Waals surface area contributed by atoms with Crippen molar-refractivity contribution in [2.24, 2.45) is 0 Å². The van der Waals surface area contributed by atoms with Crippen molar-refractivity contribution in [3.05, 3.63) is 23.8 Å². The highest BCUT2D eigenvalue weighted by atomic mass is 16.2. The minimum Gasteiger partial charge on any atom is -0.376 e. The number of carbonyl (C=O) groups is 2. The summed E-state index contributed by atoms with van der Waals surface area (Å²) in [4.78, 5) is 25.6. The van der Waals surface area contributed by atoms with Crippen LogP contribution in [0.15, 0.2) is 18.2 Å². The van der Waals surface area contributed by atoms with E-state index in [0.717, 1.165) is 42.9 Å². The molecule has 0 radical (unpaired) electrons. The van der Waals surface area contributed by atoms with Gasteiger partial charge in [-0.3, -0.25) is 9.59 Å². The van der Waals surface area contributed by atoms with Gasteiger partial charge in [-0.15, -0.1) is 0 Å². The number of nitrogens with one attached hydrogen (secondary N) is 2. The number of piperidine rings is 1. The van der Waals surface area contributed by atoms with Crippen molar-refractivity contribution >= 4 is 23.2 Å². The Morgan fingerprint density at radius 3 is 2.59 bits per heavy atom. The van der Waals surface area contributed by atoms with Gasteiger partial charge in [0.1, 0.15) is 0 Å². The second-order valence-electron chi connectivity index (χ2n) is 5.73. The predicted molar refractivity (Wildman–Crippen MR) is 89.0 cm³/mol. The van der Waals surface area contributed by atoms with Crippen LogP contribution in [-0.2, 0) is 9.59 Å². The number of benzene rings is 1. The highest BCUT2D eigenvalue weighted by Crippen LogP contribution is 2.20. The molecule has 1 saturated heterocycles. The number of amides is 2. The first-order chi connectivity index (χ1) is 10.6. The second kappa shape index (κ2) is 7.82. The number of aryl methyl sites for hydroxylation is 1. The summed E-state index contributed by atoms with van der Waals surface area (Å²) in [5.41, 5.74) is 2.65. The van der Waals surface area contributed by atoms with Gasteiger partial charge < -0.3 is 15.5 Å². The van der Waals surface area contributed by atoms with E-state index in [9.17, 15) is 9.59 Å². The molecule has 1 aliphatic heterocycles. The second-order valence-corrected chi connectivity index (χ2v) is 5.73. The molecule has 1 fully saturated rings. The van der Waals surface area contributed by atoms with E-state index in [0.29, 0.717) is 13.0 Å². The van der Waals surface area contributed by atoms with E-state index in [1.165, 1.54) is 6.42 Å². The first-order valence-corrected chi connectivity index (χ1v) is 8.02. The molecule has 120 valence electrons. The minimum atomic E-state index is -0.00959. The van der Waals surface area contributed by atoms with Crippen LogP contribution in [0.4, 0.5) is 11.4 Å². The fraction of sp³-hybridized carbons (Fsp3) is 0.529. The average molecular weight is 303 g/mol. The molecule has 1 aliphatic rings. The van der Waals surface area contributed by atoms with Crippen LogP contribution >= 0.6 is 0 Å². The highest BCUT2D eigenvalue weighted by molar-refractivity contribution is 5.92. The van der Waals surface area contributed by atoms with Crippen molar-refractivity contribution in [2.45, 2.75) is 39.5 Å². The van der Waals surface area contributed by atoms with Crippen LogP contribution in [0.3, 0.4) is 0 Å². The molecule has 2 rings (SSSR count). The van der Waals surface area contributed by atoms with E-state index in [1.807, 2.05) is 36.9 Å². The molecule has 0 saturated carbocycles. The van der Waals surface area contributed by atoms with Gasteiger partial charge in [0.05, 0.1) is 6.54 Å². The maximum Gasteiger partial charge on any atom is 0.241 e. The summed E-state index contributed by atoms with van der Waals surface area (Å²) in [5, 5.41) is 6.04. The van der Waals surface area contributed by atoms with E-state index in [4.69, 9.17) is 0 Å². The number of hydrogen-bond donors (Lipinski definition) is 2. The first-order valence-electron chi connectivity index (χ1n) is 8.02. The van der Waals surface area contributed by atoms with Crippen LogP contribution < -0.4 is 10.6 Å². The third kappa shape index (κ3) is 4.48. The fourth-order valence-corrected chi connectivity index (χ4v) is 2.54. The van der Waals surface area contributed by atoms with Gasteiger partial charge in [-0.2, -0.15) is 0 Å². The zero-order valence-electron chi connectivity index (χ0n) is 13.4. The predicted octanol–water partition coefficient (Wildman–Crippen LogP) is 2.77. The zero-order chi connectivity index (χ0) is 15.9. The van der Waals surface area contributed by atoms with Gasteiger partial charge in [0.15, 0.2) is 0 Å². The lowest BCUT2D eigenvalue weighted by Crippen LogP contribution is -2.39. The molecule has 0 aliphatic carbocycles. The van der Waals surface area contributed by atoms with Crippen LogP contribution in [0.25, 0.3) is 0 Å². The van der Waals surface area contributed by atoms with E-state index < -0.39 is 0 Å². The highest BCUT2D eigenvalue weighted by Gasteiger charge is 2.16. The van der Waals surface area contributed by atoms with Crippen LogP contribution in [-0.4, -0.2) is 36.3 Å². The smallest absolute Gasteiger partial charge is 0.241 e. The molecule has 0 bridgehead atoms. The molecule has 0 aromatic heterocycles. The first kappa shape index (κ1) is 16.3. The van der Waals surface area contributed by atoms with E-state index >= 15 is 0 Å². The fourth-order valence-electron chi connectivity index (χ4n) is 2.54. The van der Waals surface area contributed by atoms with Crippen molar-refractivity contribution in [1.29, 1.82) is 0 Å². The Labute approximate surface area is 132 Å². The Morgan fingerprint density at radius 1 is 1.18 bits per heavy atom. The average Bonchev–Trinajstić information content (AvgIpc) is 2.55. The summed E-state index contributed by atoms with van der Waals surface area (Å²) in [5.74, 6) is 0.129. The molecule has 5 heteroatoms. The van der Waals surface area contributed by atoms with Crippen LogP contribution in [0.1, 0.15) is 38.2 Å². The zero-order valence-corrected chi connectivity index (χ0v) is 13.4. The Morgan fingerprint density at radius 2 is 1.91 bits per heavy atom. The van der Waals surface area contributed by atoms with Crippen LogP contribution in [0.5, 0.6) is 0 Å². The maximum atomic E-state index is 12.1. The standard InChI is InChI=1S/C17H25N3O2/c1-3-16(21)19-15-11-14(8-7-13(15)2)18-12-17(22)20-9-5-4-6-10-20/h7-8,11,18H,3-6,9-10,12H2,1-2H3,(H,19,21). The van der Waals surface area contributed by atoms with Gasteiger partial charge in [0.25, 0.3) is 0 Å². The van der Waals surface area contributed by atoms with Gasteiger partial charge >= 0.3 is 0 Å². The molecular formula is C17H25N3O2. The SMILES string of the molecule is CCC(=O)Nc1cc(NCC(=O)N2CCCCC2)ccc1C. The molecular weight excluding hydrogens is 278 g/mol. The van der Waals surface area contributed by atoms with Crippen molar-refractivity contribution < 1.29 is 9.59 Å². The van der Waals surface area contributed by atoms with E-state index in [-0.39, 0.29) is 11.8 Å². The van der Waals surface area contributed by atoms with Crippen molar-refractivity contribution in [3.63, 3.8) is 0 Å². The van der Waals surface area contributed by atoms with Crippen molar-refractivity contribution in [1.82, 2.24) is 4.90 Å². The van der Waals surface area contributed by atoms with Crippen LogP contribution in [0, 0.1) is 6.92 Å². The number of anilines is 2. The van der Waals surface area contributed by atoms with Gasteiger partial charge in [-0.25, -0.2) is 0 Å². The van der Waals surface area contributed by atoms with Gasteiger partial charge in [0, 0.05) is 30.9 Å². The lowest BCUT2D eigenvalue weighted by molar-refractivity contribution is -0.130. The molecule has 0 spiro atoms. The number of hydrogen-bond acceptors (Lipinski definition) is 3. The molecule has 0 unspecified atom stereocenters. The monoisotopic (exact) mass is 303 g/mol. The lowest BCUT2D eigenvalue weighted by atomic mass is 10.1. The Bertz CT molecular complexity index is 537. The third-order valence-corrected chi connectivity index (χ3v) is 3.99. The molecule has 22 heavy (non-hydrogen) atoms. The van der Waals surface area contributed by atoms with Gasteiger partial charge in [0.2, 0.25) is 11.8 Å². The molecule has 2 amide bonds. The summed E-state index contributed by atoms with van der Waals surface area (Å²) in [6.45, 7) is 5.81. The van der Waals surface area contributed by atoms with Crippen molar-refractivity contribution in [3.8, 4) is 0 Å². The summed E-state index contributed by atoms with van der Waals surface area (Å²) in [7, 11) is 0. The molecule has 1 aromatic rings. The molecule has 1 aromatic carbocycles. The maximum absolute atomic E-state index is 12.1. The third-order valence-electron chi connectivity index (χ3n) is 3.99. The van der Waals surface area contributed by atoms with E-state index in [2.05, 4.69) is 10.6 Å². The Kier molecular flexibility index (Phi) is 5.81. The molecule has 1 heterocycles. The number of carbonyl (C=O) groups excluding carboxylic acids is 2. The minimum absolute atomic E-state index is 0.00959. The Balaban J connectivity index is 1.93. The molecule has 5 nitrogen and oxygen atoms in total. The Hall–Kier alpha value is -2.04. The van der Waals surface area contributed by atoms with Gasteiger partial charge in [-0.05, 0) is 43.9 Å². The summed E-state index contributed by atoms with van der Waals surface area (Å²) in [6, 6.07) is 5.76. The summed E-state index contributed by atoms with van der Waals surface area (Å²) < 4.78 is 0. The largest absolute Gasteiger partial charge is 0.376 e. The lowest BCUT2D eigenvalue weighted by Gasteiger charge is -2.27. The molecule has 2 N–H and O–H groups in total. The van der Waals surface area contributed by atoms with Crippen molar-refractivity contribution in [2.75, 3.05) is 30.3 Å². The summed E-state index contributed by atoms with van der Waals surface area (Å²) in [6.07, 6.45) is 3.87. The van der Waals surface area contributed by atoms with Crippen LogP contribution in [0.2, 0.25) is 0 Å². The van der Waals surface area contributed by atoms with E-state index in [1.54, 1.807) is 0 Å². The molecule has 0 atom stereocenters. The number of likely N-dealkylation sites (tertiary alicyclic amines) is 1. The number of rotatable bonds is 5. The summed E-state index contributed by atoms with van der Waals surface area (Å²) >= 11 is 0. The quantitative estimate of drug-likeness (QED) is 0.879. The topological polar surface area (TPSA) is 61.4 Å².